The Morgan fingerprint density at radius 2 is 1.29 bits per heavy atom. The Morgan fingerprint density at radius 3 is 1.53 bits per heavy atom. The molecule has 0 spiro atoms. The van der Waals surface area contributed by atoms with E-state index in [1.165, 1.54) is 18.8 Å². The Bertz CT molecular complexity index is 472. The summed E-state index contributed by atoms with van der Waals surface area (Å²) in [4.78, 5) is 1.92. The SMILES string of the molecule is CS(=O)c1cc(S(C)=O)c(S)c(S(C)=O)c1.[H-].[Na+]. The Hall–Kier alpha value is 1.02. The van der Waals surface area contributed by atoms with E-state index in [4.69, 9.17) is 0 Å². The van der Waals surface area contributed by atoms with Crippen LogP contribution in [0, 0.1) is 0 Å². The second-order valence-corrected chi connectivity index (χ2v) is 7.65. The molecule has 92 valence electrons. The molecule has 0 N–H and O–H groups in total. The molecule has 0 saturated carbocycles. The summed E-state index contributed by atoms with van der Waals surface area (Å²) in [5, 5.41) is 0. The molecule has 17 heavy (non-hydrogen) atoms. The third-order valence-corrected chi connectivity index (χ3v) is 5.53. The van der Waals surface area contributed by atoms with E-state index >= 15 is 0 Å². The number of thiol groups is 1. The van der Waals surface area contributed by atoms with Gasteiger partial charge < -0.3 is 1.43 Å². The van der Waals surface area contributed by atoms with Crippen LogP contribution in [0.1, 0.15) is 1.43 Å². The number of rotatable bonds is 3. The maximum Gasteiger partial charge on any atom is 1.00 e. The Balaban J connectivity index is 0. The topological polar surface area (TPSA) is 51.2 Å². The van der Waals surface area contributed by atoms with Gasteiger partial charge in [-0.25, -0.2) is 0 Å². The molecule has 0 aliphatic carbocycles. The van der Waals surface area contributed by atoms with Crippen molar-refractivity contribution >= 4 is 45.0 Å². The molecule has 0 saturated heterocycles. The fraction of sp³-hybridized carbons (Fsp3) is 0.333. The second-order valence-electron chi connectivity index (χ2n) is 3.13. The summed E-state index contributed by atoms with van der Waals surface area (Å²) in [6.07, 6.45) is 4.55. The minimum atomic E-state index is -1.24. The number of hydrogen-bond donors (Lipinski definition) is 1. The Morgan fingerprint density at radius 1 is 0.941 bits per heavy atom. The first-order valence-corrected chi connectivity index (χ1v) is 9.34. The van der Waals surface area contributed by atoms with Crippen LogP contribution in [0.2, 0.25) is 0 Å². The molecule has 8 heteroatoms. The number of hydrogen-bond acceptors (Lipinski definition) is 4. The zero-order valence-corrected chi connectivity index (χ0v) is 15.4. The van der Waals surface area contributed by atoms with E-state index in [1.54, 1.807) is 12.1 Å². The molecule has 0 amide bonds. The smallest absolute Gasteiger partial charge is 1.00 e. The summed E-state index contributed by atoms with van der Waals surface area (Å²) < 4.78 is 34.4. The molecule has 3 unspecified atom stereocenters. The molecule has 0 aliphatic heterocycles. The standard InChI is InChI=1S/C9H12O3S4.Na.H/c1-14(10)6-4-7(15(2)11)9(13)8(5-6)16(3)12;;/h4-5,13H,1-3H3;;/q;+1;-1. The maximum absolute atomic E-state index is 11.5. The normalized spacial score (nSPS) is 15.8. The van der Waals surface area contributed by atoms with Gasteiger partial charge in [-0.2, -0.15) is 0 Å². The van der Waals surface area contributed by atoms with Gasteiger partial charge in [0.05, 0.1) is 31.4 Å². The van der Waals surface area contributed by atoms with Gasteiger partial charge in [0.2, 0.25) is 0 Å². The van der Waals surface area contributed by atoms with Gasteiger partial charge in [0.15, 0.2) is 0 Å². The number of benzene rings is 1. The molecule has 3 atom stereocenters. The quantitative estimate of drug-likeness (QED) is 0.534. The van der Waals surface area contributed by atoms with Crippen molar-refractivity contribution in [2.24, 2.45) is 0 Å². The molecule has 1 aromatic carbocycles. The van der Waals surface area contributed by atoms with Crippen LogP contribution in [-0.4, -0.2) is 31.4 Å². The predicted molar refractivity (Wildman–Crippen MR) is 71.8 cm³/mol. The van der Waals surface area contributed by atoms with E-state index in [0.29, 0.717) is 19.6 Å². The molecular formula is C9H13NaO3S4. The zero-order chi connectivity index (χ0) is 12.5. The van der Waals surface area contributed by atoms with Crippen LogP contribution in [0.15, 0.2) is 31.7 Å². The minimum absolute atomic E-state index is 0. The van der Waals surface area contributed by atoms with Gasteiger partial charge in [0.1, 0.15) is 0 Å². The summed E-state index contributed by atoms with van der Waals surface area (Å²) in [5.41, 5.74) is 0. The van der Waals surface area contributed by atoms with Crippen molar-refractivity contribution in [2.75, 3.05) is 18.8 Å². The fourth-order valence-corrected chi connectivity index (χ4v) is 4.19. The van der Waals surface area contributed by atoms with Gasteiger partial charge in [0, 0.05) is 39.4 Å². The van der Waals surface area contributed by atoms with Crippen LogP contribution in [0.25, 0.3) is 0 Å². The molecule has 0 heterocycles. The van der Waals surface area contributed by atoms with Crippen LogP contribution >= 0.6 is 12.6 Å². The molecule has 3 nitrogen and oxygen atoms in total. The molecule has 0 aliphatic rings. The van der Waals surface area contributed by atoms with E-state index in [0.717, 1.165) is 0 Å². The fourth-order valence-electron chi connectivity index (χ4n) is 1.16. The van der Waals surface area contributed by atoms with Gasteiger partial charge in [-0.1, -0.05) is 0 Å². The van der Waals surface area contributed by atoms with Crippen LogP contribution in [-0.2, 0) is 32.4 Å². The molecule has 1 aromatic rings. The molecule has 0 fully saturated rings. The van der Waals surface area contributed by atoms with E-state index in [1.807, 2.05) is 0 Å². The van der Waals surface area contributed by atoms with Crippen molar-refractivity contribution in [3.8, 4) is 0 Å². The zero-order valence-electron chi connectivity index (χ0n) is 11.1. The Labute approximate surface area is 138 Å². The second kappa shape index (κ2) is 7.57. The minimum Gasteiger partial charge on any atom is -1.00 e. The van der Waals surface area contributed by atoms with Crippen molar-refractivity contribution in [3.05, 3.63) is 12.1 Å². The molecule has 0 radical (unpaired) electrons. The predicted octanol–water partition coefficient (Wildman–Crippen LogP) is -1.70. The summed E-state index contributed by atoms with van der Waals surface area (Å²) in [7, 11) is -3.67. The van der Waals surface area contributed by atoms with Crippen LogP contribution in [0.4, 0.5) is 0 Å². The van der Waals surface area contributed by atoms with E-state index in [-0.39, 0.29) is 31.0 Å². The average Bonchev–Trinajstić information content (AvgIpc) is 2.16. The average molecular weight is 320 g/mol. The first-order valence-electron chi connectivity index (χ1n) is 4.22. The van der Waals surface area contributed by atoms with Gasteiger partial charge in [-0.05, 0) is 12.1 Å². The maximum atomic E-state index is 11.5. The first-order chi connectivity index (χ1) is 7.34. The third kappa shape index (κ3) is 4.56. The molecular weight excluding hydrogens is 307 g/mol. The van der Waals surface area contributed by atoms with Crippen molar-refractivity contribution in [2.45, 2.75) is 19.6 Å². The van der Waals surface area contributed by atoms with Crippen LogP contribution in [0.3, 0.4) is 0 Å². The summed E-state index contributed by atoms with van der Waals surface area (Å²) in [6, 6.07) is 3.18. The van der Waals surface area contributed by atoms with Crippen LogP contribution < -0.4 is 29.6 Å². The van der Waals surface area contributed by atoms with Crippen molar-refractivity contribution < 1.29 is 43.6 Å². The van der Waals surface area contributed by atoms with Gasteiger partial charge in [-0.3, -0.25) is 12.6 Å². The van der Waals surface area contributed by atoms with Gasteiger partial charge >= 0.3 is 29.6 Å². The third-order valence-electron chi connectivity index (χ3n) is 1.96. The summed E-state index contributed by atoms with van der Waals surface area (Å²) in [5.74, 6) is 0. The molecule has 0 bridgehead atoms. The Kier molecular flexibility index (Phi) is 8.02. The molecule has 0 aromatic heterocycles. The summed E-state index contributed by atoms with van der Waals surface area (Å²) >= 11 is 4.22. The van der Waals surface area contributed by atoms with Crippen molar-refractivity contribution in [3.63, 3.8) is 0 Å². The van der Waals surface area contributed by atoms with E-state index in [9.17, 15) is 12.6 Å². The van der Waals surface area contributed by atoms with Gasteiger partial charge in [-0.15, -0.1) is 12.6 Å². The molecule has 1 rings (SSSR count). The monoisotopic (exact) mass is 320 g/mol. The van der Waals surface area contributed by atoms with Gasteiger partial charge in [0.25, 0.3) is 0 Å². The van der Waals surface area contributed by atoms with Crippen molar-refractivity contribution in [1.82, 2.24) is 0 Å². The van der Waals surface area contributed by atoms with E-state index < -0.39 is 32.4 Å². The first kappa shape index (κ1) is 18.0. The van der Waals surface area contributed by atoms with Crippen molar-refractivity contribution in [1.29, 1.82) is 0 Å². The van der Waals surface area contributed by atoms with Crippen LogP contribution in [0.5, 0.6) is 0 Å². The largest absolute Gasteiger partial charge is 1.00 e. The van der Waals surface area contributed by atoms with E-state index in [2.05, 4.69) is 12.6 Å². The summed E-state index contributed by atoms with van der Waals surface area (Å²) in [6.45, 7) is 0.